The highest BCUT2D eigenvalue weighted by molar-refractivity contribution is 5.89. The smallest absolute Gasteiger partial charge is 0.221 e. The molecule has 1 heterocycles. The first kappa shape index (κ1) is 15.6. The van der Waals surface area contributed by atoms with Crippen molar-refractivity contribution in [2.45, 2.75) is 6.92 Å². The molecule has 0 aliphatic rings. The highest BCUT2D eigenvalue weighted by atomic mass is 16.5. The molecule has 0 aliphatic heterocycles. The van der Waals surface area contributed by atoms with Gasteiger partial charge in [-0.1, -0.05) is 6.07 Å². The molecular formula is C18H18N4O2. The van der Waals surface area contributed by atoms with Gasteiger partial charge < -0.3 is 15.4 Å². The fraction of sp³-hybridized carbons (Fsp3) is 0.111. The van der Waals surface area contributed by atoms with Gasteiger partial charge in [0.15, 0.2) is 5.82 Å². The Kier molecular flexibility index (Phi) is 4.47. The zero-order chi connectivity index (χ0) is 16.9. The molecule has 0 fully saturated rings. The van der Waals surface area contributed by atoms with Crippen LogP contribution in [-0.4, -0.2) is 23.2 Å². The van der Waals surface area contributed by atoms with Crippen molar-refractivity contribution in [3.63, 3.8) is 0 Å². The van der Waals surface area contributed by atoms with Crippen LogP contribution >= 0.6 is 0 Å². The van der Waals surface area contributed by atoms with E-state index in [1.54, 1.807) is 7.11 Å². The van der Waals surface area contributed by atoms with Gasteiger partial charge in [-0.25, -0.2) is 0 Å². The first-order valence-electron chi connectivity index (χ1n) is 7.48. The Morgan fingerprint density at radius 1 is 1.08 bits per heavy atom. The standard InChI is InChI=1S/C18H18N4O2/c1-12(23)19-14-4-3-5-15(10-14)20-18-11-17(21-22-18)13-6-8-16(24-2)9-7-13/h3-11H,1-2H3,(H,19,23)(H2,20,21,22). The van der Waals surface area contributed by atoms with Crippen molar-refractivity contribution >= 4 is 23.1 Å². The summed E-state index contributed by atoms with van der Waals surface area (Å²) in [4.78, 5) is 11.1. The Balaban J connectivity index is 1.75. The van der Waals surface area contributed by atoms with Crippen LogP contribution in [0.4, 0.5) is 17.2 Å². The Morgan fingerprint density at radius 2 is 1.83 bits per heavy atom. The number of rotatable bonds is 5. The van der Waals surface area contributed by atoms with Crippen LogP contribution in [0.2, 0.25) is 0 Å². The maximum atomic E-state index is 11.1. The lowest BCUT2D eigenvalue weighted by molar-refractivity contribution is -0.114. The Labute approximate surface area is 139 Å². The highest BCUT2D eigenvalue weighted by Gasteiger charge is 2.05. The third-order valence-corrected chi connectivity index (χ3v) is 3.43. The maximum Gasteiger partial charge on any atom is 0.221 e. The van der Waals surface area contributed by atoms with E-state index < -0.39 is 0 Å². The molecular weight excluding hydrogens is 304 g/mol. The molecule has 0 radical (unpaired) electrons. The number of amides is 1. The largest absolute Gasteiger partial charge is 0.497 e. The number of H-pyrrole nitrogens is 1. The molecule has 0 saturated carbocycles. The number of anilines is 3. The number of aromatic nitrogens is 2. The number of nitrogens with one attached hydrogen (secondary N) is 3. The van der Waals surface area contributed by atoms with E-state index in [9.17, 15) is 4.79 Å². The second-order valence-corrected chi connectivity index (χ2v) is 5.28. The second-order valence-electron chi connectivity index (χ2n) is 5.28. The van der Waals surface area contributed by atoms with Crippen molar-refractivity contribution in [1.82, 2.24) is 10.2 Å². The van der Waals surface area contributed by atoms with Crippen molar-refractivity contribution in [1.29, 1.82) is 0 Å². The van der Waals surface area contributed by atoms with E-state index in [0.29, 0.717) is 5.82 Å². The van der Waals surface area contributed by atoms with E-state index in [-0.39, 0.29) is 5.91 Å². The van der Waals surface area contributed by atoms with Crippen LogP contribution in [-0.2, 0) is 4.79 Å². The molecule has 1 aromatic heterocycles. The van der Waals surface area contributed by atoms with E-state index in [4.69, 9.17) is 4.74 Å². The zero-order valence-corrected chi connectivity index (χ0v) is 13.5. The van der Waals surface area contributed by atoms with Gasteiger partial charge in [0, 0.05) is 24.4 Å². The Morgan fingerprint density at radius 3 is 2.54 bits per heavy atom. The topological polar surface area (TPSA) is 79.0 Å². The summed E-state index contributed by atoms with van der Waals surface area (Å²) in [6.45, 7) is 1.48. The number of benzene rings is 2. The van der Waals surface area contributed by atoms with E-state index >= 15 is 0 Å². The van der Waals surface area contributed by atoms with Gasteiger partial charge in [0.1, 0.15) is 5.75 Å². The summed E-state index contributed by atoms with van der Waals surface area (Å²) in [6, 6.07) is 17.1. The first-order valence-corrected chi connectivity index (χ1v) is 7.48. The molecule has 0 spiro atoms. The SMILES string of the molecule is COc1ccc(-c2cc(Nc3cccc(NC(C)=O)c3)n[nH]2)cc1. The van der Waals surface area contributed by atoms with E-state index in [2.05, 4.69) is 20.8 Å². The van der Waals surface area contributed by atoms with Gasteiger partial charge in [0.05, 0.1) is 12.8 Å². The molecule has 0 unspecified atom stereocenters. The normalized spacial score (nSPS) is 10.2. The zero-order valence-electron chi connectivity index (χ0n) is 13.5. The number of aromatic amines is 1. The van der Waals surface area contributed by atoms with Crippen LogP contribution in [0.5, 0.6) is 5.75 Å². The molecule has 0 atom stereocenters. The monoisotopic (exact) mass is 322 g/mol. The van der Waals surface area contributed by atoms with Crippen molar-refractivity contribution < 1.29 is 9.53 Å². The van der Waals surface area contributed by atoms with E-state index in [1.807, 2.05) is 54.6 Å². The lowest BCUT2D eigenvalue weighted by atomic mass is 10.1. The number of methoxy groups -OCH3 is 1. The number of ether oxygens (including phenoxy) is 1. The third kappa shape index (κ3) is 3.73. The number of hydrogen-bond acceptors (Lipinski definition) is 4. The fourth-order valence-corrected chi connectivity index (χ4v) is 2.33. The number of carbonyl (C=O) groups excluding carboxylic acids is 1. The van der Waals surface area contributed by atoms with E-state index in [0.717, 1.165) is 28.4 Å². The van der Waals surface area contributed by atoms with Crippen molar-refractivity contribution in [2.75, 3.05) is 17.7 Å². The predicted octanol–water partition coefficient (Wildman–Crippen LogP) is 3.79. The lowest BCUT2D eigenvalue weighted by Crippen LogP contribution is -2.05. The van der Waals surface area contributed by atoms with Gasteiger partial charge in [-0.05, 0) is 48.0 Å². The maximum absolute atomic E-state index is 11.1. The van der Waals surface area contributed by atoms with E-state index in [1.165, 1.54) is 6.92 Å². The summed E-state index contributed by atoms with van der Waals surface area (Å²) < 4.78 is 5.16. The second kappa shape index (κ2) is 6.87. The van der Waals surface area contributed by atoms with Crippen LogP contribution in [0.1, 0.15) is 6.92 Å². The molecule has 0 aliphatic carbocycles. The van der Waals surface area contributed by atoms with Crippen molar-refractivity contribution in [3.05, 3.63) is 54.6 Å². The summed E-state index contributed by atoms with van der Waals surface area (Å²) in [6.07, 6.45) is 0. The number of hydrogen-bond donors (Lipinski definition) is 3. The number of carbonyl (C=O) groups is 1. The lowest BCUT2D eigenvalue weighted by Gasteiger charge is -2.06. The molecule has 1 amide bonds. The fourth-order valence-electron chi connectivity index (χ4n) is 2.33. The molecule has 0 bridgehead atoms. The summed E-state index contributed by atoms with van der Waals surface area (Å²) in [7, 11) is 1.64. The van der Waals surface area contributed by atoms with Gasteiger partial charge in [-0.15, -0.1) is 0 Å². The molecule has 0 saturated heterocycles. The molecule has 3 aromatic rings. The van der Waals surface area contributed by atoms with Gasteiger partial charge in [-0.3, -0.25) is 9.89 Å². The van der Waals surface area contributed by atoms with Gasteiger partial charge in [0.25, 0.3) is 0 Å². The Hall–Kier alpha value is -3.28. The van der Waals surface area contributed by atoms with Crippen LogP contribution in [0.25, 0.3) is 11.3 Å². The summed E-state index contributed by atoms with van der Waals surface area (Å²) >= 11 is 0. The van der Waals surface area contributed by atoms with Crippen molar-refractivity contribution in [3.8, 4) is 17.0 Å². The highest BCUT2D eigenvalue weighted by Crippen LogP contribution is 2.25. The van der Waals surface area contributed by atoms with Gasteiger partial charge in [-0.2, -0.15) is 5.10 Å². The molecule has 6 heteroatoms. The average molecular weight is 322 g/mol. The minimum Gasteiger partial charge on any atom is -0.497 e. The van der Waals surface area contributed by atoms with Gasteiger partial charge >= 0.3 is 0 Å². The summed E-state index contributed by atoms with van der Waals surface area (Å²) in [5.74, 6) is 1.40. The molecule has 24 heavy (non-hydrogen) atoms. The first-order chi connectivity index (χ1) is 11.6. The molecule has 2 aromatic carbocycles. The molecule has 6 nitrogen and oxygen atoms in total. The average Bonchev–Trinajstić information content (AvgIpc) is 3.03. The van der Waals surface area contributed by atoms with Crippen LogP contribution in [0, 0.1) is 0 Å². The molecule has 3 rings (SSSR count). The number of nitrogens with zero attached hydrogens (tertiary/aromatic N) is 1. The van der Waals surface area contributed by atoms with Crippen LogP contribution < -0.4 is 15.4 Å². The third-order valence-electron chi connectivity index (χ3n) is 3.43. The molecule has 122 valence electrons. The Bertz CT molecular complexity index is 840. The quantitative estimate of drug-likeness (QED) is 0.668. The summed E-state index contributed by atoms with van der Waals surface area (Å²) in [5.41, 5.74) is 3.49. The van der Waals surface area contributed by atoms with Crippen LogP contribution in [0.15, 0.2) is 54.6 Å². The minimum atomic E-state index is -0.103. The summed E-state index contributed by atoms with van der Waals surface area (Å²) in [5, 5.41) is 13.2. The van der Waals surface area contributed by atoms with Crippen molar-refractivity contribution in [2.24, 2.45) is 0 Å². The predicted molar refractivity (Wildman–Crippen MR) is 94.6 cm³/mol. The minimum absolute atomic E-state index is 0.103. The van der Waals surface area contributed by atoms with Crippen LogP contribution in [0.3, 0.4) is 0 Å². The molecule has 3 N–H and O–H groups in total. The van der Waals surface area contributed by atoms with Gasteiger partial charge in [0.2, 0.25) is 5.91 Å².